The standard InChI is InChI=1S/C14H12F3N5OS2/c1-22-12(14(15,16)17)20-21-13(22)24-5-8-18-10(23)9-6-3-2-4-7(6)25-11(9)19-8/h2-5H2,1H3,(H,18,19,23). The van der Waals surface area contributed by atoms with Crippen LogP contribution < -0.4 is 5.56 Å². The summed E-state index contributed by atoms with van der Waals surface area (Å²) in [6, 6.07) is 0. The maximum atomic E-state index is 12.7. The van der Waals surface area contributed by atoms with E-state index in [0.29, 0.717) is 16.0 Å². The topological polar surface area (TPSA) is 76.5 Å². The minimum atomic E-state index is -4.55. The van der Waals surface area contributed by atoms with Crippen molar-refractivity contribution in [3.05, 3.63) is 32.4 Å². The Hall–Kier alpha value is -1.88. The van der Waals surface area contributed by atoms with Gasteiger partial charge in [0.1, 0.15) is 10.7 Å². The molecule has 0 fully saturated rings. The second-order valence-corrected chi connectivity index (χ2v) is 7.73. The molecule has 6 nitrogen and oxygen atoms in total. The molecule has 1 aliphatic carbocycles. The largest absolute Gasteiger partial charge is 0.451 e. The number of rotatable bonds is 3. The van der Waals surface area contributed by atoms with E-state index in [1.807, 2.05) is 0 Å². The molecule has 1 N–H and O–H groups in total. The summed E-state index contributed by atoms with van der Waals surface area (Å²) in [5.41, 5.74) is 0.907. The van der Waals surface area contributed by atoms with Crippen LogP contribution in [-0.2, 0) is 31.8 Å². The van der Waals surface area contributed by atoms with Crippen molar-refractivity contribution in [1.82, 2.24) is 24.7 Å². The van der Waals surface area contributed by atoms with Crippen molar-refractivity contribution in [3.63, 3.8) is 0 Å². The lowest BCUT2D eigenvalue weighted by atomic mass is 10.2. The zero-order valence-electron chi connectivity index (χ0n) is 13.0. The highest BCUT2D eigenvalue weighted by Crippen LogP contribution is 2.35. The van der Waals surface area contributed by atoms with Crippen molar-refractivity contribution in [2.24, 2.45) is 7.05 Å². The summed E-state index contributed by atoms with van der Waals surface area (Å²) in [4.78, 5) is 21.5. The van der Waals surface area contributed by atoms with Crippen LogP contribution in [0.15, 0.2) is 9.95 Å². The normalized spacial score (nSPS) is 14.4. The third kappa shape index (κ3) is 2.84. The molecular formula is C14H12F3N5OS2. The zero-order chi connectivity index (χ0) is 17.8. The number of hydrogen-bond donors (Lipinski definition) is 1. The number of H-pyrrole nitrogens is 1. The Labute approximate surface area is 147 Å². The highest BCUT2D eigenvalue weighted by molar-refractivity contribution is 7.98. The van der Waals surface area contributed by atoms with E-state index in [4.69, 9.17) is 0 Å². The SMILES string of the molecule is Cn1c(SCc2nc3sc4c(c3c(=O)[nH]2)CCC4)nnc1C(F)(F)F. The third-order valence-corrected chi connectivity index (χ3v) is 6.27. The highest BCUT2D eigenvalue weighted by atomic mass is 32.2. The summed E-state index contributed by atoms with van der Waals surface area (Å²) in [6.07, 6.45) is -1.63. The molecule has 132 valence electrons. The predicted molar refractivity (Wildman–Crippen MR) is 87.8 cm³/mol. The first-order valence-electron chi connectivity index (χ1n) is 7.47. The van der Waals surface area contributed by atoms with Gasteiger partial charge < -0.3 is 9.55 Å². The van der Waals surface area contributed by atoms with E-state index in [1.54, 1.807) is 0 Å². The molecule has 0 unspecified atom stereocenters. The number of aryl methyl sites for hydroxylation is 2. The zero-order valence-corrected chi connectivity index (χ0v) is 14.6. The van der Waals surface area contributed by atoms with Gasteiger partial charge in [0.25, 0.3) is 5.56 Å². The van der Waals surface area contributed by atoms with Gasteiger partial charge in [-0.3, -0.25) is 4.79 Å². The molecule has 25 heavy (non-hydrogen) atoms. The molecule has 0 aromatic carbocycles. The maximum absolute atomic E-state index is 12.7. The molecule has 3 aromatic heterocycles. The molecule has 3 aromatic rings. The molecule has 0 saturated carbocycles. The van der Waals surface area contributed by atoms with E-state index in [-0.39, 0.29) is 16.5 Å². The van der Waals surface area contributed by atoms with Crippen LogP contribution in [0.4, 0.5) is 13.2 Å². The van der Waals surface area contributed by atoms with Gasteiger partial charge in [-0.05, 0) is 24.8 Å². The molecule has 0 spiro atoms. The molecule has 1 aliphatic rings. The number of thiophene rings is 1. The molecular weight excluding hydrogens is 375 g/mol. The van der Waals surface area contributed by atoms with Gasteiger partial charge in [0.05, 0.1) is 11.1 Å². The minimum Gasteiger partial charge on any atom is -0.309 e. The number of fused-ring (bicyclic) bond motifs is 3. The number of aromatic amines is 1. The molecule has 0 atom stereocenters. The van der Waals surface area contributed by atoms with Gasteiger partial charge in [-0.15, -0.1) is 21.5 Å². The summed E-state index contributed by atoms with van der Waals surface area (Å²) < 4.78 is 39.1. The van der Waals surface area contributed by atoms with Gasteiger partial charge in [0.2, 0.25) is 5.82 Å². The molecule has 11 heteroatoms. The quantitative estimate of drug-likeness (QED) is 0.700. The monoisotopic (exact) mass is 387 g/mol. The van der Waals surface area contributed by atoms with Crippen LogP contribution in [0.5, 0.6) is 0 Å². The molecule has 4 rings (SSSR count). The fraction of sp³-hybridized carbons (Fsp3) is 0.429. The van der Waals surface area contributed by atoms with Crippen LogP contribution in [-0.4, -0.2) is 24.7 Å². The maximum Gasteiger partial charge on any atom is 0.451 e. The number of thioether (sulfide) groups is 1. The van der Waals surface area contributed by atoms with Gasteiger partial charge in [-0.1, -0.05) is 11.8 Å². The molecule has 0 bridgehead atoms. The molecule has 0 aliphatic heterocycles. The molecule has 0 radical (unpaired) electrons. The van der Waals surface area contributed by atoms with E-state index in [2.05, 4.69) is 20.2 Å². The van der Waals surface area contributed by atoms with E-state index in [9.17, 15) is 18.0 Å². The Morgan fingerprint density at radius 1 is 1.32 bits per heavy atom. The van der Waals surface area contributed by atoms with Crippen LogP contribution >= 0.6 is 23.1 Å². The van der Waals surface area contributed by atoms with Crippen LogP contribution in [0.25, 0.3) is 10.2 Å². The van der Waals surface area contributed by atoms with E-state index in [0.717, 1.165) is 41.2 Å². The van der Waals surface area contributed by atoms with Crippen molar-refractivity contribution in [2.75, 3.05) is 0 Å². The van der Waals surface area contributed by atoms with Gasteiger partial charge >= 0.3 is 6.18 Å². The van der Waals surface area contributed by atoms with Crippen molar-refractivity contribution in [2.45, 2.75) is 36.3 Å². The van der Waals surface area contributed by atoms with Crippen LogP contribution in [0, 0.1) is 0 Å². The fourth-order valence-electron chi connectivity index (χ4n) is 2.94. The van der Waals surface area contributed by atoms with Crippen molar-refractivity contribution >= 4 is 33.3 Å². The highest BCUT2D eigenvalue weighted by Gasteiger charge is 2.37. The van der Waals surface area contributed by atoms with Crippen LogP contribution in [0.1, 0.15) is 28.5 Å². The Kier molecular flexibility index (Phi) is 3.87. The van der Waals surface area contributed by atoms with Gasteiger partial charge in [-0.25, -0.2) is 4.98 Å². The average molecular weight is 387 g/mol. The fourth-order valence-corrected chi connectivity index (χ4v) is 5.00. The number of hydrogen-bond acceptors (Lipinski definition) is 6. The lowest BCUT2D eigenvalue weighted by Gasteiger charge is -2.06. The second-order valence-electron chi connectivity index (χ2n) is 5.70. The molecule has 0 amide bonds. The van der Waals surface area contributed by atoms with Gasteiger partial charge in [0, 0.05) is 11.9 Å². The smallest absolute Gasteiger partial charge is 0.309 e. The number of nitrogens with zero attached hydrogens (tertiary/aromatic N) is 4. The molecule has 3 heterocycles. The summed E-state index contributed by atoms with van der Waals surface area (Å²) in [5.74, 6) is -0.432. The van der Waals surface area contributed by atoms with E-state index in [1.165, 1.54) is 23.3 Å². The number of alkyl halides is 3. The lowest BCUT2D eigenvalue weighted by Crippen LogP contribution is -2.13. The average Bonchev–Trinajstić information content (AvgIpc) is 3.18. The molecule has 0 saturated heterocycles. The van der Waals surface area contributed by atoms with Crippen molar-refractivity contribution < 1.29 is 13.2 Å². The number of nitrogens with one attached hydrogen (secondary N) is 1. The van der Waals surface area contributed by atoms with Crippen molar-refractivity contribution in [3.8, 4) is 0 Å². The van der Waals surface area contributed by atoms with Gasteiger partial charge in [-0.2, -0.15) is 13.2 Å². The summed E-state index contributed by atoms with van der Waals surface area (Å²) in [7, 11) is 1.26. The Balaban J connectivity index is 1.60. The van der Waals surface area contributed by atoms with E-state index < -0.39 is 12.0 Å². The van der Waals surface area contributed by atoms with Crippen molar-refractivity contribution in [1.29, 1.82) is 0 Å². The second kappa shape index (κ2) is 5.84. The number of aromatic nitrogens is 5. The first-order chi connectivity index (χ1) is 11.8. The van der Waals surface area contributed by atoms with Crippen LogP contribution in [0.2, 0.25) is 0 Å². The first-order valence-corrected chi connectivity index (χ1v) is 9.27. The Morgan fingerprint density at radius 3 is 2.84 bits per heavy atom. The Bertz CT molecular complexity index is 1020. The summed E-state index contributed by atoms with van der Waals surface area (Å²) in [5, 5.41) is 7.51. The predicted octanol–water partition coefficient (Wildman–Crippen LogP) is 2.91. The Morgan fingerprint density at radius 2 is 2.12 bits per heavy atom. The number of halogens is 3. The lowest BCUT2D eigenvalue weighted by molar-refractivity contribution is -0.147. The first kappa shape index (κ1) is 16.6. The van der Waals surface area contributed by atoms with Gasteiger partial charge in [0.15, 0.2) is 5.16 Å². The van der Waals surface area contributed by atoms with E-state index >= 15 is 0 Å². The third-order valence-electron chi connectivity index (χ3n) is 4.05. The van der Waals surface area contributed by atoms with Crippen LogP contribution in [0.3, 0.4) is 0 Å². The minimum absolute atomic E-state index is 0.115. The summed E-state index contributed by atoms with van der Waals surface area (Å²) >= 11 is 2.57. The summed E-state index contributed by atoms with van der Waals surface area (Å²) in [6.45, 7) is 0.